The molecule has 9 heteroatoms. The van der Waals surface area contributed by atoms with Crippen LogP contribution in [0.1, 0.15) is 25.1 Å². The zero-order valence-electron chi connectivity index (χ0n) is 16.8. The number of hydrogen-bond donors (Lipinski definition) is 2. The van der Waals surface area contributed by atoms with Crippen LogP contribution in [0.25, 0.3) is 15.8 Å². The number of carbonyl (C=O) groups excluding carboxylic acids is 1. The topological polar surface area (TPSA) is 115 Å². The summed E-state index contributed by atoms with van der Waals surface area (Å²) in [4.78, 5) is 30.8. The van der Waals surface area contributed by atoms with Gasteiger partial charge in [-0.05, 0) is 41.2 Å². The Labute approximate surface area is 176 Å². The van der Waals surface area contributed by atoms with Crippen molar-refractivity contribution in [1.29, 1.82) is 0 Å². The van der Waals surface area contributed by atoms with E-state index in [4.69, 9.17) is 10.5 Å². The van der Waals surface area contributed by atoms with Gasteiger partial charge in [-0.25, -0.2) is 15.0 Å². The Hall–Kier alpha value is -3.33. The highest BCUT2D eigenvalue weighted by molar-refractivity contribution is 7.22. The Kier molecular flexibility index (Phi) is 4.11. The lowest BCUT2D eigenvalue weighted by Crippen LogP contribution is -2.33. The van der Waals surface area contributed by atoms with Gasteiger partial charge in [-0.3, -0.25) is 15.1 Å². The lowest BCUT2D eigenvalue weighted by molar-refractivity contribution is -0.110. The predicted octanol–water partition coefficient (Wildman–Crippen LogP) is 3.11. The molecule has 0 bridgehead atoms. The lowest BCUT2D eigenvalue weighted by atomic mass is 9.70. The van der Waals surface area contributed by atoms with Crippen molar-refractivity contribution < 1.29 is 9.53 Å². The molecule has 2 aromatic heterocycles. The molecule has 0 saturated heterocycles. The molecular weight excluding hydrogens is 400 g/mol. The molecule has 1 aliphatic carbocycles. The van der Waals surface area contributed by atoms with Crippen LogP contribution >= 0.6 is 11.3 Å². The average Bonchev–Trinajstić information content (AvgIpc) is 3.32. The number of aromatic nitrogens is 3. The van der Waals surface area contributed by atoms with Crippen LogP contribution in [0, 0.1) is 5.41 Å². The van der Waals surface area contributed by atoms with Crippen LogP contribution in [0.15, 0.2) is 35.0 Å². The number of methoxy groups -OCH3 is 1. The Balaban J connectivity index is 1.48. The minimum Gasteiger partial charge on any atom is -0.497 e. The van der Waals surface area contributed by atoms with Crippen molar-refractivity contribution in [2.24, 2.45) is 10.4 Å². The summed E-state index contributed by atoms with van der Waals surface area (Å²) in [5, 5.41) is 3.45. The molecule has 3 aromatic rings. The van der Waals surface area contributed by atoms with Crippen LogP contribution in [-0.4, -0.2) is 40.2 Å². The normalized spacial score (nSPS) is 16.8. The molecule has 0 saturated carbocycles. The summed E-state index contributed by atoms with van der Waals surface area (Å²) >= 11 is 1.40. The number of carbonyl (C=O) groups is 1. The van der Waals surface area contributed by atoms with Crippen LogP contribution in [0.2, 0.25) is 0 Å². The van der Waals surface area contributed by atoms with Crippen molar-refractivity contribution in [2.75, 3.05) is 24.7 Å². The highest BCUT2D eigenvalue weighted by Crippen LogP contribution is 2.45. The Morgan fingerprint density at radius 2 is 2.13 bits per heavy atom. The fourth-order valence-electron chi connectivity index (χ4n) is 4.18. The fraction of sp³-hybridized carbons (Fsp3) is 0.286. The van der Waals surface area contributed by atoms with Crippen molar-refractivity contribution >= 4 is 49.8 Å². The molecule has 0 spiro atoms. The molecule has 0 unspecified atom stereocenters. The molecule has 2 aliphatic rings. The van der Waals surface area contributed by atoms with Gasteiger partial charge in [-0.1, -0.05) is 25.2 Å². The van der Waals surface area contributed by atoms with Gasteiger partial charge in [0.2, 0.25) is 5.95 Å². The summed E-state index contributed by atoms with van der Waals surface area (Å²) in [6, 6.07) is 5.63. The largest absolute Gasteiger partial charge is 0.497 e. The maximum atomic E-state index is 13.1. The number of aliphatic imine (C=N–C) groups is 1. The standard InChI is InChI=1S/C21H20N6O2S/c1-21(2)7-10-8-24-19(22)26-16(10)12-9-23-17(15(12)21)18(28)27-20-25-13-5-4-11(29-3)6-14(13)30-20/h4-6,8H,7,9H2,1-3H3,(H2,22,24,26)(H,25,27,28). The number of hydrogen-bond acceptors (Lipinski definition) is 8. The van der Waals surface area contributed by atoms with E-state index in [2.05, 4.69) is 39.1 Å². The molecule has 1 amide bonds. The molecule has 5 rings (SSSR count). The quantitative estimate of drug-likeness (QED) is 0.673. The Bertz CT molecular complexity index is 1270. The van der Waals surface area contributed by atoms with E-state index in [0.717, 1.165) is 38.4 Å². The van der Waals surface area contributed by atoms with E-state index in [1.165, 1.54) is 11.3 Å². The van der Waals surface area contributed by atoms with Gasteiger partial charge in [-0.15, -0.1) is 0 Å². The van der Waals surface area contributed by atoms with Gasteiger partial charge >= 0.3 is 0 Å². The number of nitrogen functional groups attached to an aromatic ring is 1. The zero-order valence-corrected chi connectivity index (χ0v) is 17.6. The summed E-state index contributed by atoms with van der Waals surface area (Å²) in [6.45, 7) is 4.63. The van der Waals surface area contributed by atoms with E-state index in [0.29, 0.717) is 23.8 Å². The molecule has 3 heterocycles. The third-order valence-corrected chi connectivity index (χ3v) is 6.38. The number of rotatable bonds is 3. The number of thiazole rings is 1. The van der Waals surface area contributed by atoms with E-state index in [-0.39, 0.29) is 17.3 Å². The first-order chi connectivity index (χ1) is 14.4. The monoisotopic (exact) mass is 420 g/mol. The van der Waals surface area contributed by atoms with E-state index < -0.39 is 0 Å². The highest BCUT2D eigenvalue weighted by atomic mass is 32.1. The van der Waals surface area contributed by atoms with Crippen LogP contribution in [0.5, 0.6) is 5.75 Å². The minimum atomic E-state index is -0.268. The molecule has 1 aromatic carbocycles. The Morgan fingerprint density at radius 1 is 1.30 bits per heavy atom. The number of ether oxygens (including phenoxy) is 1. The third kappa shape index (κ3) is 2.93. The first kappa shape index (κ1) is 18.7. The Morgan fingerprint density at radius 3 is 2.93 bits per heavy atom. The second kappa shape index (κ2) is 6.60. The fourth-order valence-corrected chi connectivity index (χ4v) is 5.07. The predicted molar refractivity (Wildman–Crippen MR) is 118 cm³/mol. The average molecular weight is 420 g/mol. The maximum Gasteiger partial charge on any atom is 0.275 e. The van der Waals surface area contributed by atoms with Gasteiger partial charge in [0.15, 0.2) is 5.13 Å². The van der Waals surface area contributed by atoms with Crippen molar-refractivity contribution in [2.45, 2.75) is 20.3 Å². The smallest absolute Gasteiger partial charge is 0.275 e. The summed E-state index contributed by atoms with van der Waals surface area (Å²) in [6.07, 6.45) is 2.49. The molecule has 0 radical (unpaired) electrons. The minimum absolute atomic E-state index is 0.225. The molecule has 0 atom stereocenters. The van der Waals surface area contributed by atoms with Gasteiger partial charge in [0.25, 0.3) is 5.91 Å². The molecule has 8 nitrogen and oxygen atoms in total. The highest BCUT2D eigenvalue weighted by Gasteiger charge is 2.41. The van der Waals surface area contributed by atoms with Crippen molar-refractivity contribution in [3.05, 3.63) is 41.2 Å². The van der Waals surface area contributed by atoms with Crippen molar-refractivity contribution in [3.63, 3.8) is 0 Å². The number of nitrogens with two attached hydrogens (primary N) is 1. The summed E-state index contributed by atoms with van der Waals surface area (Å²) in [7, 11) is 1.62. The lowest BCUT2D eigenvalue weighted by Gasteiger charge is -2.33. The second-order valence-electron chi connectivity index (χ2n) is 7.99. The van der Waals surface area contributed by atoms with Gasteiger partial charge in [0.05, 0.1) is 29.6 Å². The second-order valence-corrected chi connectivity index (χ2v) is 9.02. The molecule has 152 valence electrons. The van der Waals surface area contributed by atoms with E-state index >= 15 is 0 Å². The van der Waals surface area contributed by atoms with Crippen molar-refractivity contribution in [1.82, 2.24) is 15.0 Å². The van der Waals surface area contributed by atoms with E-state index in [1.807, 2.05) is 18.2 Å². The maximum absolute atomic E-state index is 13.1. The number of nitrogens with zero attached hydrogens (tertiary/aromatic N) is 4. The number of amides is 1. The van der Waals surface area contributed by atoms with Crippen LogP contribution < -0.4 is 15.8 Å². The van der Waals surface area contributed by atoms with E-state index in [9.17, 15) is 4.79 Å². The number of benzene rings is 1. The molecular formula is C21H20N6O2S. The number of anilines is 2. The first-order valence-corrected chi connectivity index (χ1v) is 10.3. The summed E-state index contributed by atoms with van der Waals surface area (Å²) in [5.41, 5.74) is 10.5. The van der Waals surface area contributed by atoms with E-state index in [1.54, 1.807) is 13.3 Å². The molecule has 3 N–H and O–H groups in total. The molecule has 1 aliphatic heterocycles. The van der Waals surface area contributed by atoms with Crippen molar-refractivity contribution in [3.8, 4) is 5.75 Å². The van der Waals surface area contributed by atoms with Gasteiger partial charge < -0.3 is 10.5 Å². The van der Waals surface area contributed by atoms with Gasteiger partial charge in [0, 0.05) is 11.8 Å². The molecule has 30 heavy (non-hydrogen) atoms. The van der Waals surface area contributed by atoms with Crippen LogP contribution in [-0.2, 0) is 11.2 Å². The van der Waals surface area contributed by atoms with Crippen LogP contribution in [0.4, 0.5) is 11.1 Å². The first-order valence-electron chi connectivity index (χ1n) is 9.52. The number of nitrogens with one attached hydrogen (secondary N) is 1. The van der Waals surface area contributed by atoms with Crippen LogP contribution in [0.3, 0.4) is 0 Å². The number of fused-ring (bicyclic) bond motifs is 3. The third-order valence-electron chi connectivity index (χ3n) is 5.44. The summed E-state index contributed by atoms with van der Waals surface area (Å²) < 4.78 is 6.20. The van der Waals surface area contributed by atoms with Gasteiger partial charge in [-0.2, -0.15) is 0 Å². The summed E-state index contributed by atoms with van der Waals surface area (Å²) in [5.74, 6) is 0.718. The zero-order chi connectivity index (χ0) is 21.0. The van der Waals surface area contributed by atoms with Gasteiger partial charge in [0.1, 0.15) is 11.5 Å². The SMILES string of the molecule is COc1ccc2nc(NC(=O)C3=NCC4=C3C(C)(C)Cc3cnc(N)nc34)sc2c1. The molecule has 0 fully saturated rings.